The number of rotatable bonds is 4. The molecule has 0 aliphatic carbocycles. The van der Waals surface area contributed by atoms with Crippen LogP contribution >= 0.6 is 23.5 Å². The van der Waals surface area contributed by atoms with Crippen molar-refractivity contribution >= 4 is 29.5 Å². The van der Waals surface area contributed by atoms with Gasteiger partial charge in [-0.2, -0.15) is 0 Å². The van der Waals surface area contributed by atoms with Crippen molar-refractivity contribution in [3.63, 3.8) is 0 Å². The molecule has 26 heavy (non-hydrogen) atoms. The Labute approximate surface area is 160 Å². The molecule has 2 aromatic rings. The monoisotopic (exact) mass is 390 g/mol. The Balaban J connectivity index is 1.47. The van der Waals surface area contributed by atoms with E-state index >= 15 is 0 Å². The van der Waals surface area contributed by atoms with E-state index in [9.17, 15) is 4.79 Å². The van der Waals surface area contributed by atoms with Gasteiger partial charge in [-0.1, -0.05) is 18.2 Å². The molecule has 1 atom stereocenters. The SMILES string of the molecule is COc1cc(C2SCCS2)ccc1OC(=O)[C@H]1COc2ccccc2O1. The van der Waals surface area contributed by atoms with Gasteiger partial charge in [-0.15, -0.1) is 23.5 Å². The average Bonchev–Trinajstić information content (AvgIpc) is 3.22. The lowest BCUT2D eigenvalue weighted by Crippen LogP contribution is -2.39. The van der Waals surface area contributed by atoms with Crippen molar-refractivity contribution in [1.82, 2.24) is 0 Å². The molecular weight excluding hydrogens is 372 g/mol. The van der Waals surface area contributed by atoms with E-state index in [0.29, 0.717) is 27.6 Å². The summed E-state index contributed by atoms with van der Waals surface area (Å²) in [6, 6.07) is 13.0. The Bertz CT molecular complexity index is 804. The molecule has 0 spiro atoms. The van der Waals surface area contributed by atoms with Gasteiger partial charge in [0.2, 0.25) is 6.10 Å². The quantitative estimate of drug-likeness (QED) is 0.579. The highest BCUT2D eigenvalue weighted by Gasteiger charge is 2.30. The zero-order chi connectivity index (χ0) is 17.9. The molecule has 2 aliphatic rings. The Morgan fingerprint density at radius 1 is 1.08 bits per heavy atom. The summed E-state index contributed by atoms with van der Waals surface area (Å²) in [5.41, 5.74) is 1.17. The second-order valence-electron chi connectivity index (χ2n) is 5.77. The summed E-state index contributed by atoms with van der Waals surface area (Å²) in [6.45, 7) is 0.117. The number of hydrogen-bond acceptors (Lipinski definition) is 7. The summed E-state index contributed by atoms with van der Waals surface area (Å²) in [6.07, 6.45) is -0.810. The largest absolute Gasteiger partial charge is 0.493 e. The second-order valence-corrected chi connectivity index (χ2v) is 8.49. The molecule has 4 rings (SSSR count). The molecule has 0 N–H and O–H groups in total. The van der Waals surface area contributed by atoms with Crippen LogP contribution in [-0.4, -0.2) is 37.3 Å². The van der Waals surface area contributed by atoms with Gasteiger partial charge in [-0.3, -0.25) is 0 Å². The molecule has 2 aromatic carbocycles. The van der Waals surface area contributed by atoms with Crippen LogP contribution in [0, 0.1) is 0 Å². The zero-order valence-electron chi connectivity index (χ0n) is 14.2. The van der Waals surface area contributed by atoms with E-state index in [1.54, 1.807) is 25.3 Å². The second kappa shape index (κ2) is 7.72. The minimum absolute atomic E-state index is 0.117. The number of para-hydroxylation sites is 2. The van der Waals surface area contributed by atoms with E-state index < -0.39 is 12.1 Å². The van der Waals surface area contributed by atoms with Crippen LogP contribution in [-0.2, 0) is 4.79 Å². The van der Waals surface area contributed by atoms with Crippen molar-refractivity contribution in [2.24, 2.45) is 0 Å². The summed E-state index contributed by atoms with van der Waals surface area (Å²) in [4.78, 5) is 12.5. The number of carbonyl (C=O) groups is 1. The Hall–Kier alpha value is -1.99. The fourth-order valence-electron chi connectivity index (χ4n) is 2.78. The van der Waals surface area contributed by atoms with Crippen LogP contribution in [0.2, 0.25) is 0 Å². The van der Waals surface area contributed by atoms with Gasteiger partial charge in [-0.05, 0) is 29.8 Å². The van der Waals surface area contributed by atoms with Crippen molar-refractivity contribution in [3.8, 4) is 23.0 Å². The summed E-state index contributed by atoms with van der Waals surface area (Å²) >= 11 is 3.83. The van der Waals surface area contributed by atoms with Gasteiger partial charge in [0.05, 0.1) is 11.7 Å². The summed E-state index contributed by atoms with van der Waals surface area (Å²) < 4.78 is 22.6. The molecule has 1 fully saturated rings. The molecule has 2 aliphatic heterocycles. The topological polar surface area (TPSA) is 54.0 Å². The van der Waals surface area contributed by atoms with E-state index in [1.165, 1.54) is 5.56 Å². The van der Waals surface area contributed by atoms with Crippen molar-refractivity contribution in [1.29, 1.82) is 0 Å². The standard InChI is InChI=1S/C19H18O5S2/c1-21-16-10-12(19-25-8-9-26-19)6-7-15(16)24-18(20)17-11-22-13-4-2-3-5-14(13)23-17/h2-7,10,17,19H,8-9,11H2,1H3/t17-/m1/s1. The van der Waals surface area contributed by atoms with Crippen LogP contribution in [0.1, 0.15) is 10.1 Å². The Kier molecular flexibility index (Phi) is 5.17. The number of fused-ring (bicyclic) bond motifs is 1. The first kappa shape index (κ1) is 17.4. The number of carbonyl (C=O) groups excluding carboxylic acids is 1. The number of benzene rings is 2. The Morgan fingerprint density at radius 3 is 2.62 bits per heavy atom. The molecule has 136 valence electrons. The number of hydrogen-bond donors (Lipinski definition) is 0. The van der Waals surface area contributed by atoms with Crippen molar-refractivity contribution < 1.29 is 23.7 Å². The summed E-state index contributed by atoms with van der Waals surface area (Å²) in [5.74, 6) is 3.89. The van der Waals surface area contributed by atoms with E-state index in [2.05, 4.69) is 0 Å². The third-order valence-corrected chi connectivity index (χ3v) is 7.17. The molecule has 0 amide bonds. The number of esters is 1. The molecule has 0 saturated carbocycles. The normalized spacial score (nSPS) is 19.2. The number of ether oxygens (including phenoxy) is 4. The van der Waals surface area contributed by atoms with Crippen LogP contribution in [0.3, 0.4) is 0 Å². The first-order valence-electron chi connectivity index (χ1n) is 8.26. The smallest absolute Gasteiger partial charge is 0.356 e. The van der Waals surface area contributed by atoms with Crippen LogP contribution in [0.25, 0.3) is 0 Å². The molecule has 0 unspecified atom stereocenters. The molecule has 2 heterocycles. The van der Waals surface area contributed by atoms with Gasteiger partial charge in [-0.25, -0.2) is 4.79 Å². The predicted molar refractivity (Wildman–Crippen MR) is 103 cm³/mol. The van der Waals surface area contributed by atoms with Gasteiger partial charge < -0.3 is 18.9 Å². The molecule has 0 aromatic heterocycles. The third kappa shape index (κ3) is 3.59. The highest BCUT2D eigenvalue weighted by atomic mass is 32.2. The molecule has 1 saturated heterocycles. The minimum atomic E-state index is -0.810. The van der Waals surface area contributed by atoms with Crippen molar-refractivity contribution in [3.05, 3.63) is 48.0 Å². The van der Waals surface area contributed by atoms with Gasteiger partial charge >= 0.3 is 5.97 Å². The van der Waals surface area contributed by atoms with Gasteiger partial charge in [0.1, 0.15) is 6.61 Å². The predicted octanol–water partition coefficient (Wildman–Crippen LogP) is 3.92. The van der Waals surface area contributed by atoms with Crippen LogP contribution < -0.4 is 18.9 Å². The molecule has 0 radical (unpaired) electrons. The van der Waals surface area contributed by atoms with Crippen molar-refractivity contribution in [2.75, 3.05) is 25.2 Å². The lowest BCUT2D eigenvalue weighted by molar-refractivity contribution is -0.144. The van der Waals surface area contributed by atoms with Gasteiger partial charge in [0.15, 0.2) is 23.0 Å². The maximum atomic E-state index is 12.5. The minimum Gasteiger partial charge on any atom is -0.493 e. The molecule has 5 nitrogen and oxygen atoms in total. The van der Waals surface area contributed by atoms with Crippen LogP contribution in [0.15, 0.2) is 42.5 Å². The third-order valence-electron chi connectivity index (χ3n) is 4.06. The lowest BCUT2D eigenvalue weighted by Gasteiger charge is -2.25. The van der Waals surface area contributed by atoms with E-state index in [4.69, 9.17) is 18.9 Å². The van der Waals surface area contributed by atoms with Crippen LogP contribution in [0.4, 0.5) is 0 Å². The maximum absolute atomic E-state index is 12.5. The van der Waals surface area contributed by atoms with Gasteiger partial charge in [0, 0.05) is 11.5 Å². The van der Waals surface area contributed by atoms with E-state index in [1.807, 2.05) is 47.8 Å². The summed E-state index contributed by atoms with van der Waals surface area (Å²) in [7, 11) is 1.57. The summed E-state index contributed by atoms with van der Waals surface area (Å²) in [5, 5.41) is 0. The molecule has 7 heteroatoms. The maximum Gasteiger partial charge on any atom is 0.356 e. The van der Waals surface area contributed by atoms with E-state index in [0.717, 1.165) is 11.5 Å². The first-order valence-corrected chi connectivity index (χ1v) is 10.4. The van der Waals surface area contributed by atoms with Gasteiger partial charge in [0.25, 0.3) is 0 Å². The van der Waals surface area contributed by atoms with E-state index in [-0.39, 0.29) is 6.61 Å². The molecule has 0 bridgehead atoms. The zero-order valence-corrected chi connectivity index (χ0v) is 15.8. The number of thioether (sulfide) groups is 2. The fraction of sp³-hybridized carbons (Fsp3) is 0.316. The number of methoxy groups -OCH3 is 1. The lowest BCUT2D eigenvalue weighted by atomic mass is 10.2. The van der Waals surface area contributed by atoms with Crippen molar-refractivity contribution in [2.45, 2.75) is 10.7 Å². The molecular formula is C19H18O5S2. The average molecular weight is 390 g/mol. The highest BCUT2D eigenvalue weighted by Crippen LogP contribution is 2.47. The highest BCUT2D eigenvalue weighted by molar-refractivity contribution is 8.19. The fourth-order valence-corrected chi connectivity index (χ4v) is 5.61. The first-order chi connectivity index (χ1) is 12.7. The Morgan fingerprint density at radius 2 is 1.85 bits per heavy atom. The van der Waals surface area contributed by atoms with Crippen LogP contribution in [0.5, 0.6) is 23.0 Å².